The highest BCUT2D eigenvalue weighted by molar-refractivity contribution is 8.00. The van der Waals surface area contributed by atoms with Crippen LogP contribution < -0.4 is 5.32 Å². The van der Waals surface area contributed by atoms with E-state index in [0.717, 1.165) is 29.1 Å². The number of piperidine rings is 1. The van der Waals surface area contributed by atoms with Crippen molar-refractivity contribution >= 4 is 35.2 Å². The number of nitrogens with one attached hydrogen (secondary N) is 1. The topological polar surface area (TPSA) is 69.6 Å². The van der Waals surface area contributed by atoms with Gasteiger partial charge in [0.05, 0.1) is 5.88 Å². The summed E-state index contributed by atoms with van der Waals surface area (Å²) in [5.41, 5.74) is 1.91. The summed E-state index contributed by atoms with van der Waals surface area (Å²) in [5, 5.41) is 12.7. The third-order valence-electron chi connectivity index (χ3n) is 3.79. The van der Waals surface area contributed by atoms with Crippen molar-refractivity contribution in [3.8, 4) is 0 Å². The van der Waals surface area contributed by atoms with Crippen LogP contribution in [0.1, 0.15) is 18.9 Å². The molecular weight excluding hydrogens is 348 g/mol. The third-order valence-corrected chi connectivity index (χ3v) is 5.41. The Hall–Kier alpha value is -1.50. The molecule has 1 aromatic rings. The second kappa shape index (κ2) is 9.11. The van der Waals surface area contributed by atoms with Gasteiger partial charge in [0.1, 0.15) is 0 Å². The molecule has 1 heterocycles. The van der Waals surface area contributed by atoms with Gasteiger partial charge in [-0.2, -0.15) is 0 Å². The number of carbonyl (C=O) groups excluding carboxylic acids is 1. The highest BCUT2D eigenvalue weighted by Crippen LogP contribution is 2.29. The van der Waals surface area contributed by atoms with Gasteiger partial charge in [0, 0.05) is 42.9 Å². The Balaban J connectivity index is 2.01. The molecule has 1 unspecified atom stereocenters. The summed E-state index contributed by atoms with van der Waals surface area (Å²) in [6.07, 6.45) is 2.14. The molecule has 1 aliphatic rings. The van der Waals surface area contributed by atoms with Gasteiger partial charge in [-0.25, -0.2) is 4.79 Å². The average Bonchev–Trinajstić information content (AvgIpc) is 2.51. The molecule has 1 aliphatic heterocycles. The predicted octanol–water partition coefficient (Wildman–Crippen LogP) is 2.75. The van der Waals surface area contributed by atoms with E-state index in [2.05, 4.69) is 10.2 Å². The van der Waals surface area contributed by atoms with E-state index in [1.807, 2.05) is 24.3 Å². The van der Waals surface area contributed by atoms with Crippen molar-refractivity contribution in [2.45, 2.75) is 25.1 Å². The van der Waals surface area contributed by atoms with E-state index in [1.54, 1.807) is 11.8 Å². The van der Waals surface area contributed by atoms with Gasteiger partial charge in [0.2, 0.25) is 5.91 Å². The largest absolute Gasteiger partial charge is 0.478 e. The maximum Gasteiger partial charge on any atom is 0.328 e. The molecule has 5 nitrogen and oxygen atoms in total. The smallest absolute Gasteiger partial charge is 0.328 e. The number of carbonyl (C=O) groups is 2. The van der Waals surface area contributed by atoms with Crippen LogP contribution >= 0.6 is 23.4 Å². The zero-order valence-electron chi connectivity index (χ0n) is 13.5. The lowest BCUT2D eigenvalue weighted by Gasteiger charge is -2.34. The van der Waals surface area contributed by atoms with E-state index in [-0.39, 0.29) is 11.2 Å². The molecule has 1 saturated heterocycles. The summed E-state index contributed by atoms with van der Waals surface area (Å²) >= 11 is 7.78. The second-order valence-corrected chi connectivity index (χ2v) is 7.28. The highest BCUT2D eigenvalue weighted by atomic mass is 35.5. The van der Waals surface area contributed by atoms with Gasteiger partial charge < -0.3 is 10.4 Å². The Morgan fingerprint density at radius 1 is 1.46 bits per heavy atom. The molecule has 1 aromatic carbocycles. The maximum atomic E-state index is 11.1. The average molecular weight is 369 g/mol. The molecule has 0 bridgehead atoms. The summed E-state index contributed by atoms with van der Waals surface area (Å²) in [5.74, 6) is -0.529. The van der Waals surface area contributed by atoms with Crippen LogP contribution in [0.15, 0.2) is 35.9 Å². The summed E-state index contributed by atoms with van der Waals surface area (Å²) in [7, 11) is 0. The number of carboxylic acids is 1. The zero-order valence-corrected chi connectivity index (χ0v) is 15.1. The fourth-order valence-corrected chi connectivity index (χ4v) is 3.97. The first-order valence-electron chi connectivity index (χ1n) is 7.71. The molecule has 0 spiro atoms. The second-order valence-electron chi connectivity index (χ2n) is 5.68. The molecule has 24 heavy (non-hydrogen) atoms. The van der Waals surface area contributed by atoms with Crippen LogP contribution in [0.2, 0.25) is 5.02 Å². The van der Waals surface area contributed by atoms with Crippen molar-refractivity contribution in [2.24, 2.45) is 0 Å². The third kappa shape index (κ3) is 5.85. The number of hydrogen-bond acceptors (Lipinski definition) is 4. The number of nitrogens with zero attached hydrogens (tertiary/aromatic N) is 1. The molecular formula is C17H21ClN2O3S. The quantitative estimate of drug-likeness (QED) is 0.597. The molecule has 1 atom stereocenters. The Kier molecular flexibility index (Phi) is 7.15. The number of carboxylic acid groups (broad SMARTS) is 1. The number of thioether (sulfide) groups is 1. The summed E-state index contributed by atoms with van der Waals surface area (Å²) in [6.45, 7) is 3.62. The lowest BCUT2D eigenvalue weighted by molar-refractivity contribution is -0.131. The molecule has 130 valence electrons. The van der Waals surface area contributed by atoms with E-state index in [9.17, 15) is 9.59 Å². The van der Waals surface area contributed by atoms with Crippen LogP contribution in [0.5, 0.6) is 0 Å². The lowest BCUT2D eigenvalue weighted by atomic mass is 10.0. The molecule has 0 aromatic heterocycles. The minimum absolute atomic E-state index is 0.0811. The maximum absolute atomic E-state index is 11.1. The van der Waals surface area contributed by atoms with Crippen LogP contribution in [-0.2, 0) is 16.1 Å². The molecule has 0 aliphatic carbocycles. The first kappa shape index (κ1) is 18.8. The predicted molar refractivity (Wildman–Crippen MR) is 97.1 cm³/mol. The number of hydrogen-bond donors (Lipinski definition) is 2. The van der Waals surface area contributed by atoms with Crippen LogP contribution in [0, 0.1) is 0 Å². The van der Waals surface area contributed by atoms with Gasteiger partial charge in [-0.3, -0.25) is 9.69 Å². The fourth-order valence-electron chi connectivity index (χ4n) is 2.66. The van der Waals surface area contributed by atoms with E-state index >= 15 is 0 Å². The SMILES string of the molecule is CC(=O)NCSC1CCN(Cc2ccccc2Cl)C/C1=C\C(=O)O. The number of benzene rings is 1. The van der Waals surface area contributed by atoms with Gasteiger partial charge in [-0.1, -0.05) is 29.8 Å². The van der Waals surface area contributed by atoms with Crippen molar-refractivity contribution in [2.75, 3.05) is 19.0 Å². The van der Waals surface area contributed by atoms with Crippen LogP contribution in [-0.4, -0.2) is 46.1 Å². The van der Waals surface area contributed by atoms with E-state index < -0.39 is 5.97 Å². The Labute approximate surface area is 151 Å². The summed E-state index contributed by atoms with van der Waals surface area (Å²) in [4.78, 5) is 24.3. The van der Waals surface area contributed by atoms with Gasteiger partial charge in [-0.15, -0.1) is 11.8 Å². The minimum Gasteiger partial charge on any atom is -0.478 e. The Morgan fingerprint density at radius 2 is 2.21 bits per heavy atom. The molecule has 1 fully saturated rings. The zero-order chi connectivity index (χ0) is 17.5. The number of amides is 1. The van der Waals surface area contributed by atoms with Crippen LogP contribution in [0.4, 0.5) is 0 Å². The van der Waals surface area contributed by atoms with Gasteiger partial charge in [0.25, 0.3) is 0 Å². The molecule has 0 radical (unpaired) electrons. The van der Waals surface area contributed by atoms with E-state index in [0.29, 0.717) is 19.0 Å². The minimum atomic E-state index is -0.935. The first-order valence-corrected chi connectivity index (χ1v) is 9.13. The normalized spacial score (nSPS) is 20.1. The van der Waals surface area contributed by atoms with Crippen LogP contribution in [0.25, 0.3) is 0 Å². The Bertz CT molecular complexity index is 636. The van der Waals surface area contributed by atoms with Gasteiger partial charge >= 0.3 is 5.97 Å². The van der Waals surface area contributed by atoms with Crippen molar-refractivity contribution in [1.82, 2.24) is 10.2 Å². The van der Waals surface area contributed by atoms with E-state index in [1.165, 1.54) is 13.0 Å². The number of likely N-dealkylation sites (tertiary alicyclic amines) is 1. The van der Waals surface area contributed by atoms with Crippen molar-refractivity contribution in [3.63, 3.8) is 0 Å². The highest BCUT2D eigenvalue weighted by Gasteiger charge is 2.25. The van der Waals surface area contributed by atoms with Crippen LogP contribution in [0.3, 0.4) is 0 Å². The molecule has 1 amide bonds. The summed E-state index contributed by atoms with van der Waals surface area (Å²) < 4.78 is 0. The standard InChI is InChI=1S/C17H21ClN2O3S/c1-12(21)19-11-24-16-6-7-20(10-14(16)8-17(22)23)9-13-4-2-3-5-15(13)18/h2-5,8,16H,6-7,9-11H2,1H3,(H,19,21)(H,22,23)/b14-8+. The number of halogens is 1. The van der Waals surface area contributed by atoms with Crippen molar-refractivity contribution in [1.29, 1.82) is 0 Å². The van der Waals surface area contributed by atoms with Gasteiger partial charge in [0.15, 0.2) is 0 Å². The lowest BCUT2D eigenvalue weighted by Crippen LogP contribution is -2.37. The number of aliphatic carboxylic acids is 1. The first-order chi connectivity index (χ1) is 11.5. The van der Waals surface area contributed by atoms with Crippen molar-refractivity contribution < 1.29 is 14.7 Å². The molecule has 2 N–H and O–H groups in total. The monoisotopic (exact) mass is 368 g/mol. The fraction of sp³-hybridized carbons (Fsp3) is 0.412. The summed E-state index contributed by atoms with van der Waals surface area (Å²) in [6, 6.07) is 7.69. The molecule has 2 rings (SSSR count). The molecule has 0 saturated carbocycles. The Morgan fingerprint density at radius 3 is 2.88 bits per heavy atom. The van der Waals surface area contributed by atoms with E-state index in [4.69, 9.17) is 16.7 Å². The number of rotatable bonds is 6. The molecule has 7 heteroatoms. The van der Waals surface area contributed by atoms with Gasteiger partial charge in [-0.05, 0) is 23.6 Å². The van der Waals surface area contributed by atoms with Crippen molar-refractivity contribution in [3.05, 3.63) is 46.5 Å².